The van der Waals surface area contributed by atoms with Crippen LogP contribution in [0.4, 0.5) is 8.78 Å². The number of carbonyl (C=O) groups is 3. The summed E-state index contributed by atoms with van der Waals surface area (Å²) in [6, 6.07) is 24.0. The maximum atomic E-state index is 14.0. The molecule has 1 aliphatic heterocycles. The first-order valence-corrected chi connectivity index (χ1v) is 16.8. The first kappa shape index (κ1) is 32.9. The lowest BCUT2D eigenvalue weighted by Gasteiger charge is -2.52. The molecular formula is C39H45F2N3O3. The minimum atomic E-state index is -2.91. The molecule has 1 saturated heterocycles. The van der Waals surface area contributed by atoms with Crippen molar-refractivity contribution in [3.63, 3.8) is 0 Å². The summed E-state index contributed by atoms with van der Waals surface area (Å²) < 4.78 is 28.0. The Morgan fingerprint density at radius 2 is 1.43 bits per heavy atom. The van der Waals surface area contributed by atoms with Gasteiger partial charge >= 0.3 is 0 Å². The molecule has 4 fully saturated rings. The second-order valence-corrected chi connectivity index (χ2v) is 15.0. The number of nitrogens with zero attached hydrogens (tertiary/aromatic N) is 1. The second-order valence-electron chi connectivity index (χ2n) is 15.0. The zero-order chi connectivity index (χ0) is 33.5. The van der Waals surface area contributed by atoms with Crippen LogP contribution in [0.3, 0.4) is 0 Å². The molecule has 47 heavy (non-hydrogen) atoms. The monoisotopic (exact) mass is 641 g/mol. The number of alkyl halides is 2. The molecule has 1 heterocycles. The molecule has 248 valence electrons. The largest absolute Gasteiger partial charge is 0.351 e. The Labute approximate surface area is 276 Å². The van der Waals surface area contributed by atoms with Gasteiger partial charge in [-0.3, -0.25) is 14.4 Å². The highest BCUT2D eigenvalue weighted by Crippen LogP contribution is 2.57. The van der Waals surface area contributed by atoms with Gasteiger partial charge in [0.15, 0.2) is 0 Å². The average Bonchev–Trinajstić information content (AvgIpc) is 3.46. The van der Waals surface area contributed by atoms with Crippen molar-refractivity contribution in [1.82, 2.24) is 15.5 Å². The van der Waals surface area contributed by atoms with E-state index in [0.29, 0.717) is 36.9 Å². The Hall–Kier alpha value is -4.07. The van der Waals surface area contributed by atoms with Crippen LogP contribution in [0.2, 0.25) is 0 Å². The predicted octanol–water partition coefficient (Wildman–Crippen LogP) is 7.45. The molecular weight excluding hydrogens is 596 g/mol. The van der Waals surface area contributed by atoms with E-state index in [-0.39, 0.29) is 35.6 Å². The van der Waals surface area contributed by atoms with Gasteiger partial charge < -0.3 is 15.5 Å². The number of hydrogen-bond acceptors (Lipinski definition) is 3. The molecule has 1 atom stereocenters. The summed E-state index contributed by atoms with van der Waals surface area (Å²) >= 11 is 0. The fraction of sp³-hybridized carbons (Fsp3) is 0.462. The Bertz CT molecular complexity index is 1610. The van der Waals surface area contributed by atoms with E-state index in [4.69, 9.17) is 0 Å². The molecule has 3 amide bonds. The van der Waals surface area contributed by atoms with Gasteiger partial charge in [0.25, 0.3) is 11.8 Å². The van der Waals surface area contributed by atoms with Gasteiger partial charge in [0, 0.05) is 30.5 Å². The normalized spacial score (nSPS) is 24.1. The number of hydrogen-bond donors (Lipinski definition) is 2. The standard InChI is InChI=1S/C39H45F2N3O3/c1-36(2,3)29-15-13-27(14-16-29)30-11-7-8-12-31(30)33(45)42-25-37-17-20-38(21-18-37,22-19-37)35(47)43-32(28-9-5-4-6-10-28)34(46)44-24-23-39(40,41)26-44/h4-16,32H,17-26H2,1-3H3,(H,42,45)(H,43,47)/t32-,37?,38?/m0/s1. The summed E-state index contributed by atoms with van der Waals surface area (Å²) in [5.41, 5.74) is 3.70. The Morgan fingerprint density at radius 3 is 2.02 bits per heavy atom. The van der Waals surface area contributed by atoms with Crippen molar-refractivity contribution in [2.24, 2.45) is 10.8 Å². The van der Waals surface area contributed by atoms with Crippen LogP contribution in [-0.2, 0) is 15.0 Å². The number of likely N-dealkylation sites (tertiary alicyclic amines) is 1. The molecule has 0 spiro atoms. The van der Waals surface area contributed by atoms with Gasteiger partial charge in [-0.15, -0.1) is 0 Å². The molecule has 3 aromatic carbocycles. The fourth-order valence-corrected chi connectivity index (χ4v) is 7.64. The molecule has 2 N–H and O–H groups in total. The van der Waals surface area contributed by atoms with Crippen LogP contribution in [0.1, 0.15) is 93.2 Å². The van der Waals surface area contributed by atoms with E-state index >= 15 is 0 Å². The average molecular weight is 642 g/mol. The Kier molecular flexibility index (Phi) is 8.75. The van der Waals surface area contributed by atoms with Crippen molar-refractivity contribution in [3.8, 4) is 11.1 Å². The van der Waals surface area contributed by atoms with Crippen LogP contribution >= 0.6 is 0 Å². The number of amides is 3. The lowest BCUT2D eigenvalue weighted by Crippen LogP contribution is -2.54. The molecule has 2 bridgehead atoms. The zero-order valence-corrected chi connectivity index (χ0v) is 27.6. The molecule has 0 radical (unpaired) electrons. The summed E-state index contributed by atoms with van der Waals surface area (Å²) in [6.45, 7) is 6.42. The van der Waals surface area contributed by atoms with E-state index in [1.54, 1.807) is 24.3 Å². The minimum absolute atomic E-state index is 0.0294. The molecule has 7 rings (SSSR count). The summed E-state index contributed by atoms with van der Waals surface area (Å²) in [5, 5.41) is 6.22. The molecule has 6 nitrogen and oxygen atoms in total. The summed E-state index contributed by atoms with van der Waals surface area (Å²) in [7, 11) is 0. The number of carbonyl (C=O) groups excluding carboxylic acids is 3. The van der Waals surface area contributed by atoms with Gasteiger partial charge in [0.1, 0.15) is 6.04 Å². The predicted molar refractivity (Wildman–Crippen MR) is 179 cm³/mol. The highest BCUT2D eigenvalue weighted by Gasteiger charge is 2.53. The summed E-state index contributed by atoms with van der Waals surface area (Å²) in [5.74, 6) is -3.70. The molecule has 0 unspecified atom stereocenters. The van der Waals surface area contributed by atoms with Crippen molar-refractivity contribution in [3.05, 3.63) is 95.6 Å². The van der Waals surface area contributed by atoms with Gasteiger partial charge in [0.05, 0.1) is 6.54 Å². The topological polar surface area (TPSA) is 78.5 Å². The van der Waals surface area contributed by atoms with Crippen molar-refractivity contribution < 1.29 is 23.2 Å². The third-order valence-corrected chi connectivity index (χ3v) is 10.9. The van der Waals surface area contributed by atoms with E-state index in [2.05, 4.69) is 55.7 Å². The van der Waals surface area contributed by atoms with Crippen LogP contribution in [-0.4, -0.2) is 48.2 Å². The maximum Gasteiger partial charge on any atom is 0.267 e. The molecule has 8 heteroatoms. The fourth-order valence-electron chi connectivity index (χ4n) is 7.64. The van der Waals surface area contributed by atoms with E-state index in [0.717, 1.165) is 30.4 Å². The third kappa shape index (κ3) is 6.83. The molecule has 4 aliphatic rings. The van der Waals surface area contributed by atoms with Crippen molar-refractivity contribution >= 4 is 17.7 Å². The van der Waals surface area contributed by atoms with Crippen molar-refractivity contribution in [1.29, 1.82) is 0 Å². The van der Waals surface area contributed by atoms with Gasteiger partial charge in [-0.2, -0.15) is 0 Å². The first-order valence-electron chi connectivity index (χ1n) is 16.8. The highest BCUT2D eigenvalue weighted by molar-refractivity contribution is 6.01. The molecule has 3 aliphatic carbocycles. The minimum Gasteiger partial charge on any atom is -0.351 e. The quantitative estimate of drug-likeness (QED) is 0.268. The van der Waals surface area contributed by atoms with Crippen LogP contribution in [0.5, 0.6) is 0 Å². The Balaban J connectivity index is 1.10. The summed E-state index contributed by atoms with van der Waals surface area (Å²) in [4.78, 5) is 42.1. The smallest absolute Gasteiger partial charge is 0.267 e. The number of fused-ring (bicyclic) bond motifs is 3. The SMILES string of the molecule is CC(C)(C)c1ccc(-c2ccccc2C(=O)NCC23CCC(C(=O)N[C@H](C(=O)N4CCC(F)(F)C4)c4ccccc4)(CC2)CC3)cc1. The first-order chi connectivity index (χ1) is 22.3. The lowest BCUT2D eigenvalue weighted by molar-refractivity contribution is -0.145. The third-order valence-electron chi connectivity index (χ3n) is 10.9. The van der Waals surface area contributed by atoms with E-state index in [9.17, 15) is 23.2 Å². The number of benzene rings is 3. The van der Waals surface area contributed by atoms with Crippen LogP contribution in [0.25, 0.3) is 11.1 Å². The van der Waals surface area contributed by atoms with Gasteiger partial charge in [0.2, 0.25) is 11.8 Å². The number of halogens is 2. The summed E-state index contributed by atoms with van der Waals surface area (Å²) in [6.07, 6.45) is 3.97. The van der Waals surface area contributed by atoms with Crippen molar-refractivity contribution in [2.75, 3.05) is 19.6 Å². The Morgan fingerprint density at radius 1 is 0.809 bits per heavy atom. The van der Waals surface area contributed by atoms with Crippen LogP contribution < -0.4 is 10.6 Å². The van der Waals surface area contributed by atoms with E-state index < -0.39 is 29.8 Å². The number of rotatable bonds is 8. The highest BCUT2D eigenvalue weighted by atomic mass is 19.3. The van der Waals surface area contributed by atoms with Gasteiger partial charge in [-0.1, -0.05) is 93.6 Å². The lowest BCUT2D eigenvalue weighted by atomic mass is 9.53. The van der Waals surface area contributed by atoms with E-state index in [1.807, 2.05) is 30.3 Å². The molecule has 3 aromatic rings. The van der Waals surface area contributed by atoms with Gasteiger partial charge in [-0.05, 0) is 77.7 Å². The molecule has 3 saturated carbocycles. The van der Waals surface area contributed by atoms with Crippen molar-refractivity contribution in [2.45, 2.75) is 83.1 Å². The van der Waals surface area contributed by atoms with Gasteiger partial charge in [-0.25, -0.2) is 8.78 Å². The maximum absolute atomic E-state index is 14.0. The second kappa shape index (κ2) is 12.5. The van der Waals surface area contributed by atoms with Crippen LogP contribution in [0.15, 0.2) is 78.9 Å². The number of nitrogens with one attached hydrogen (secondary N) is 2. The zero-order valence-electron chi connectivity index (χ0n) is 27.6. The van der Waals surface area contributed by atoms with Crippen LogP contribution in [0, 0.1) is 10.8 Å². The van der Waals surface area contributed by atoms with E-state index in [1.165, 1.54) is 10.5 Å². The molecule has 0 aromatic heterocycles.